The average molecular weight is 198 g/mol. The summed E-state index contributed by atoms with van der Waals surface area (Å²) < 4.78 is 0. The first-order valence-corrected chi connectivity index (χ1v) is 4.69. The van der Waals surface area contributed by atoms with Crippen molar-refractivity contribution >= 4 is 11.6 Å². The summed E-state index contributed by atoms with van der Waals surface area (Å²) in [6, 6.07) is 5.63. The molecule has 0 aromatic heterocycles. The van der Waals surface area contributed by atoms with Gasteiger partial charge in [0.15, 0.2) is 0 Å². The predicted octanol–water partition coefficient (Wildman–Crippen LogP) is 1.44. The largest absolute Gasteiger partial charge is 0.382 e. The summed E-state index contributed by atoms with van der Waals surface area (Å²) in [6.45, 7) is 3.23. The first kappa shape index (κ1) is 9.00. The van der Waals surface area contributed by atoms with E-state index in [0.29, 0.717) is 18.1 Å². The third kappa shape index (κ3) is 1.46. The van der Waals surface area contributed by atoms with Crippen LogP contribution >= 0.6 is 11.6 Å². The minimum atomic E-state index is -0.699. The molecule has 1 aliphatic rings. The molecule has 13 heavy (non-hydrogen) atoms. The van der Waals surface area contributed by atoms with E-state index in [-0.39, 0.29) is 0 Å². The Morgan fingerprint density at radius 3 is 2.69 bits per heavy atom. The predicted molar refractivity (Wildman–Crippen MR) is 53.0 cm³/mol. The topological polar surface area (TPSA) is 32.3 Å². The fourth-order valence-electron chi connectivity index (χ4n) is 1.65. The third-order valence-corrected chi connectivity index (χ3v) is 2.77. The van der Waals surface area contributed by atoms with Crippen molar-refractivity contribution in [3.05, 3.63) is 34.3 Å². The average Bonchev–Trinajstić information content (AvgIpc) is 2.05. The quantitative estimate of drug-likeness (QED) is 0.714. The molecule has 1 aliphatic heterocycles. The Kier molecular flexibility index (Phi) is 2.06. The molecule has 0 aliphatic carbocycles. The van der Waals surface area contributed by atoms with Gasteiger partial charge in [-0.3, -0.25) is 0 Å². The van der Waals surface area contributed by atoms with Gasteiger partial charge in [-0.25, -0.2) is 0 Å². The molecule has 1 fully saturated rings. The van der Waals surface area contributed by atoms with Gasteiger partial charge in [-0.2, -0.15) is 0 Å². The number of nitrogens with one attached hydrogen (secondary N) is 1. The van der Waals surface area contributed by atoms with Crippen LogP contribution in [0.4, 0.5) is 0 Å². The van der Waals surface area contributed by atoms with Gasteiger partial charge in [0, 0.05) is 18.1 Å². The van der Waals surface area contributed by atoms with Crippen molar-refractivity contribution in [1.82, 2.24) is 5.32 Å². The Labute approximate surface area is 82.5 Å². The number of aryl methyl sites for hydroxylation is 1. The van der Waals surface area contributed by atoms with E-state index < -0.39 is 5.60 Å². The van der Waals surface area contributed by atoms with Crippen LogP contribution < -0.4 is 5.32 Å². The van der Waals surface area contributed by atoms with Crippen LogP contribution in [0.5, 0.6) is 0 Å². The van der Waals surface area contributed by atoms with Crippen LogP contribution in [-0.2, 0) is 5.60 Å². The van der Waals surface area contributed by atoms with Crippen LogP contribution in [0.1, 0.15) is 11.1 Å². The van der Waals surface area contributed by atoms with E-state index >= 15 is 0 Å². The fourth-order valence-corrected chi connectivity index (χ4v) is 1.82. The van der Waals surface area contributed by atoms with Crippen LogP contribution in [0.15, 0.2) is 18.2 Å². The fraction of sp³-hybridized carbons (Fsp3) is 0.400. The monoisotopic (exact) mass is 197 g/mol. The van der Waals surface area contributed by atoms with Crippen molar-refractivity contribution < 1.29 is 5.11 Å². The molecule has 1 saturated heterocycles. The molecular formula is C10H12ClNO. The Bertz CT molecular complexity index is 334. The molecular weight excluding hydrogens is 186 g/mol. The van der Waals surface area contributed by atoms with Gasteiger partial charge in [-0.05, 0) is 30.2 Å². The highest BCUT2D eigenvalue weighted by atomic mass is 35.5. The highest BCUT2D eigenvalue weighted by molar-refractivity contribution is 6.30. The summed E-state index contributed by atoms with van der Waals surface area (Å²) in [5, 5.41) is 13.8. The van der Waals surface area contributed by atoms with Crippen LogP contribution in [-0.4, -0.2) is 18.2 Å². The van der Waals surface area contributed by atoms with E-state index in [2.05, 4.69) is 5.32 Å². The number of β-amino-alcohol motifs (C(OH)–C–C–N with tert-alkyl or cyclic N) is 1. The highest BCUT2D eigenvalue weighted by Gasteiger charge is 2.37. The molecule has 0 amide bonds. The second kappa shape index (κ2) is 2.98. The van der Waals surface area contributed by atoms with E-state index in [1.807, 2.05) is 25.1 Å². The standard InChI is InChI=1S/C10H12ClNO/c1-7-2-3-8(11)4-9(7)10(13)5-12-6-10/h2-4,12-13H,5-6H2,1H3. The molecule has 3 heteroatoms. The molecule has 0 saturated carbocycles. The first-order valence-electron chi connectivity index (χ1n) is 4.31. The molecule has 70 valence electrons. The summed E-state index contributed by atoms with van der Waals surface area (Å²) in [7, 11) is 0. The lowest BCUT2D eigenvalue weighted by Crippen LogP contribution is -2.57. The molecule has 1 aromatic carbocycles. The summed E-state index contributed by atoms with van der Waals surface area (Å²) in [5.74, 6) is 0. The minimum Gasteiger partial charge on any atom is -0.382 e. The van der Waals surface area contributed by atoms with Crippen molar-refractivity contribution in [2.45, 2.75) is 12.5 Å². The zero-order valence-electron chi connectivity index (χ0n) is 7.47. The maximum Gasteiger partial charge on any atom is 0.115 e. The molecule has 1 aromatic rings. The lowest BCUT2D eigenvalue weighted by atomic mass is 9.85. The van der Waals surface area contributed by atoms with Gasteiger partial charge in [0.25, 0.3) is 0 Å². The van der Waals surface area contributed by atoms with Gasteiger partial charge in [-0.15, -0.1) is 0 Å². The molecule has 0 bridgehead atoms. The van der Waals surface area contributed by atoms with Crippen LogP contribution in [0.2, 0.25) is 5.02 Å². The maximum absolute atomic E-state index is 10.1. The third-order valence-electron chi connectivity index (χ3n) is 2.54. The zero-order chi connectivity index (χ0) is 9.47. The molecule has 2 rings (SSSR count). The van der Waals surface area contributed by atoms with Gasteiger partial charge in [0.1, 0.15) is 5.60 Å². The number of hydrogen-bond acceptors (Lipinski definition) is 2. The first-order chi connectivity index (χ1) is 6.12. The Morgan fingerprint density at radius 2 is 2.15 bits per heavy atom. The molecule has 0 unspecified atom stereocenters. The Hall–Kier alpha value is -0.570. The van der Waals surface area contributed by atoms with Crippen LogP contribution in [0, 0.1) is 6.92 Å². The highest BCUT2D eigenvalue weighted by Crippen LogP contribution is 2.29. The molecule has 2 N–H and O–H groups in total. The van der Waals surface area contributed by atoms with Crippen molar-refractivity contribution in [2.24, 2.45) is 0 Å². The van der Waals surface area contributed by atoms with E-state index in [4.69, 9.17) is 11.6 Å². The van der Waals surface area contributed by atoms with E-state index in [9.17, 15) is 5.11 Å². The van der Waals surface area contributed by atoms with Gasteiger partial charge < -0.3 is 10.4 Å². The van der Waals surface area contributed by atoms with Crippen molar-refractivity contribution in [2.75, 3.05) is 13.1 Å². The van der Waals surface area contributed by atoms with Gasteiger partial charge in [0.05, 0.1) is 0 Å². The van der Waals surface area contributed by atoms with Crippen LogP contribution in [0.3, 0.4) is 0 Å². The van der Waals surface area contributed by atoms with Crippen molar-refractivity contribution in [3.63, 3.8) is 0 Å². The molecule has 2 nitrogen and oxygen atoms in total. The van der Waals surface area contributed by atoms with Crippen LogP contribution in [0.25, 0.3) is 0 Å². The van der Waals surface area contributed by atoms with E-state index in [1.165, 1.54) is 0 Å². The number of benzene rings is 1. The zero-order valence-corrected chi connectivity index (χ0v) is 8.23. The lowest BCUT2D eigenvalue weighted by Gasteiger charge is -2.39. The number of halogens is 1. The molecule has 0 radical (unpaired) electrons. The Morgan fingerprint density at radius 1 is 1.46 bits per heavy atom. The lowest BCUT2D eigenvalue weighted by molar-refractivity contribution is -0.0151. The van der Waals surface area contributed by atoms with Gasteiger partial charge in [-0.1, -0.05) is 17.7 Å². The smallest absolute Gasteiger partial charge is 0.115 e. The SMILES string of the molecule is Cc1ccc(Cl)cc1C1(O)CNC1. The number of aliphatic hydroxyl groups is 1. The van der Waals surface area contributed by atoms with Crippen molar-refractivity contribution in [3.8, 4) is 0 Å². The Balaban J connectivity index is 2.43. The minimum absolute atomic E-state index is 0.619. The molecule has 0 spiro atoms. The normalized spacial score (nSPS) is 19.6. The summed E-state index contributed by atoms with van der Waals surface area (Å²) in [6.07, 6.45) is 0. The summed E-state index contributed by atoms with van der Waals surface area (Å²) in [5.41, 5.74) is 1.33. The second-order valence-electron chi connectivity index (χ2n) is 3.59. The number of hydrogen-bond donors (Lipinski definition) is 2. The van der Waals surface area contributed by atoms with Gasteiger partial charge >= 0.3 is 0 Å². The van der Waals surface area contributed by atoms with E-state index in [0.717, 1.165) is 11.1 Å². The summed E-state index contributed by atoms with van der Waals surface area (Å²) in [4.78, 5) is 0. The molecule has 0 atom stereocenters. The van der Waals surface area contributed by atoms with E-state index in [1.54, 1.807) is 0 Å². The molecule has 1 heterocycles. The number of rotatable bonds is 1. The van der Waals surface area contributed by atoms with Gasteiger partial charge in [0.2, 0.25) is 0 Å². The van der Waals surface area contributed by atoms with Crippen molar-refractivity contribution in [1.29, 1.82) is 0 Å². The maximum atomic E-state index is 10.1. The summed E-state index contributed by atoms with van der Waals surface area (Å²) >= 11 is 5.87. The second-order valence-corrected chi connectivity index (χ2v) is 4.03.